The van der Waals surface area contributed by atoms with E-state index in [1.54, 1.807) is 0 Å². The SMILES string of the molecule is C=CC[N+](C)(C)C(CC)[Si](C)(C)C.[Cl-]. The van der Waals surface area contributed by atoms with Crippen LogP contribution in [0.3, 0.4) is 0 Å². The number of likely N-dealkylation sites (N-methyl/N-ethyl adjacent to an activating group) is 1. The zero-order chi connectivity index (χ0) is 10.7. The largest absolute Gasteiger partial charge is 1.00 e. The fourth-order valence-corrected chi connectivity index (χ4v) is 6.04. The van der Waals surface area contributed by atoms with E-state index in [4.69, 9.17) is 0 Å². The standard InChI is InChI=1S/C11H26NSi.ClH/c1-8-10-12(3,4)11(9-2)13(5,6)7;/h8,11H,1,9-10H2,2-7H3;1H/q+1;/p-1. The minimum absolute atomic E-state index is 0. The highest BCUT2D eigenvalue weighted by Gasteiger charge is 2.37. The molecule has 0 spiro atoms. The molecule has 1 atom stereocenters. The van der Waals surface area contributed by atoms with E-state index in [-0.39, 0.29) is 12.4 Å². The number of quaternary nitrogens is 1. The first-order valence-electron chi connectivity index (χ1n) is 5.19. The van der Waals surface area contributed by atoms with Gasteiger partial charge in [0.2, 0.25) is 0 Å². The Kier molecular flexibility index (Phi) is 7.05. The lowest BCUT2D eigenvalue weighted by molar-refractivity contribution is -0.898. The summed E-state index contributed by atoms with van der Waals surface area (Å²) in [5.41, 5.74) is 0.838. The Hall–Kier alpha value is 0.207. The van der Waals surface area contributed by atoms with Crippen molar-refractivity contribution in [1.82, 2.24) is 0 Å². The van der Waals surface area contributed by atoms with Gasteiger partial charge in [0, 0.05) is 0 Å². The van der Waals surface area contributed by atoms with E-state index in [1.165, 1.54) is 6.42 Å². The molecule has 0 bridgehead atoms. The summed E-state index contributed by atoms with van der Waals surface area (Å²) in [7, 11) is 3.62. The van der Waals surface area contributed by atoms with Crippen LogP contribution in [0.25, 0.3) is 0 Å². The highest BCUT2D eigenvalue weighted by atomic mass is 35.5. The van der Waals surface area contributed by atoms with E-state index in [0.717, 1.165) is 16.7 Å². The number of nitrogens with zero attached hydrogens (tertiary/aromatic N) is 1. The van der Waals surface area contributed by atoms with Crippen molar-refractivity contribution >= 4 is 8.07 Å². The molecule has 0 aromatic heterocycles. The minimum Gasteiger partial charge on any atom is -1.00 e. The Morgan fingerprint density at radius 3 is 1.93 bits per heavy atom. The molecule has 1 unspecified atom stereocenters. The van der Waals surface area contributed by atoms with Crippen LogP contribution >= 0.6 is 0 Å². The van der Waals surface area contributed by atoms with Crippen molar-refractivity contribution < 1.29 is 16.9 Å². The van der Waals surface area contributed by atoms with Gasteiger partial charge in [-0.05, 0) is 12.5 Å². The van der Waals surface area contributed by atoms with Crippen molar-refractivity contribution in [2.24, 2.45) is 0 Å². The lowest BCUT2D eigenvalue weighted by Crippen LogP contribution is -3.00. The van der Waals surface area contributed by atoms with Crippen LogP contribution in [0.1, 0.15) is 13.3 Å². The fraction of sp³-hybridized carbons (Fsp3) is 0.818. The van der Waals surface area contributed by atoms with Gasteiger partial charge in [0.15, 0.2) is 0 Å². The molecule has 0 N–H and O–H groups in total. The highest BCUT2D eigenvalue weighted by Crippen LogP contribution is 2.21. The maximum Gasteiger partial charge on any atom is 0.114 e. The molecule has 0 rings (SSSR count). The van der Waals surface area contributed by atoms with Gasteiger partial charge in [0.05, 0.1) is 26.3 Å². The van der Waals surface area contributed by atoms with E-state index in [0.29, 0.717) is 0 Å². The van der Waals surface area contributed by atoms with Crippen LogP contribution in [-0.4, -0.2) is 38.9 Å². The first-order valence-corrected chi connectivity index (χ1v) is 8.77. The molecule has 86 valence electrons. The van der Waals surface area contributed by atoms with Gasteiger partial charge in [-0.2, -0.15) is 0 Å². The van der Waals surface area contributed by atoms with Gasteiger partial charge in [0.1, 0.15) is 8.07 Å². The molecule has 0 radical (unpaired) electrons. The van der Waals surface area contributed by atoms with Gasteiger partial charge in [0.25, 0.3) is 0 Å². The second-order valence-electron chi connectivity index (χ2n) is 5.54. The molecular formula is C11H26ClNSi. The third kappa shape index (κ3) is 4.62. The van der Waals surface area contributed by atoms with Crippen LogP contribution in [0.2, 0.25) is 19.6 Å². The number of hydrogen-bond donors (Lipinski definition) is 0. The molecule has 0 amide bonds. The smallest absolute Gasteiger partial charge is 0.114 e. The van der Waals surface area contributed by atoms with Gasteiger partial charge >= 0.3 is 0 Å². The second-order valence-corrected chi connectivity index (χ2v) is 10.9. The van der Waals surface area contributed by atoms with Gasteiger partial charge in [-0.1, -0.05) is 33.1 Å². The fourth-order valence-electron chi connectivity index (χ4n) is 2.62. The van der Waals surface area contributed by atoms with E-state index in [2.05, 4.69) is 47.2 Å². The number of rotatable bonds is 5. The molecule has 0 aliphatic heterocycles. The van der Waals surface area contributed by atoms with Gasteiger partial charge < -0.3 is 16.9 Å². The first-order chi connectivity index (χ1) is 5.75. The summed E-state index contributed by atoms with van der Waals surface area (Å²) in [6.45, 7) is 14.6. The third-order valence-corrected chi connectivity index (χ3v) is 5.94. The normalized spacial score (nSPS) is 14.4. The highest BCUT2D eigenvalue weighted by molar-refractivity contribution is 6.77. The molecule has 0 aliphatic carbocycles. The Balaban J connectivity index is 0. The predicted octanol–water partition coefficient (Wildman–Crippen LogP) is -0.0912. The van der Waals surface area contributed by atoms with Crippen LogP contribution in [0.15, 0.2) is 12.7 Å². The summed E-state index contributed by atoms with van der Waals surface area (Å²) in [5.74, 6) is 0. The van der Waals surface area contributed by atoms with Crippen LogP contribution in [0.4, 0.5) is 0 Å². The van der Waals surface area contributed by atoms with Crippen LogP contribution in [0, 0.1) is 0 Å². The number of hydrogen-bond acceptors (Lipinski definition) is 0. The van der Waals surface area contributed by atoms with Crippen molar-refractivity contribution in [2.45, 2.75) is 38.7 Å². The van der Waals surface area contributed by atoms with E-state index in [1.807, 2.05) is 6.08 Å². The lowest BCUT2D eigenvalue weighted by atomic mass is 10.3. The molecule has 0 saturated carbocycles. The second kappa shape index (κ2) is 5.94. The molecule has 0 fully saturated rings. The summed E-state index contributed by atoms with van der Waals surface area (Å²) >= 11 is 0. The topological polar surface area (TPSA) is 0 Å². The molecule has 0 saturated heterocycles. The number of halogens is 1. The molecule has 0 aromatic rings. The third-order valence-electron chi connectivity index (χ3n) is 2.83. The molecular weight excluding hydrogens is 210 g/mol. The van der Waals surface area contributed by atoms with Gasteiger partial charge in [-0.3, -0.25) is 0 Å². The Bertz CT molecular complexity index is 173. The Morgan fingerprint density at radius 1 is 1.29 bits per heavy atom. The molecule has 0 aliphatic rings. The summed E-state index contributed by atoms with van der Waals surface area (Å²) in [4.78, 5) is 0. The lowest BCUT2D eigenvalue weighted by Gasteiger charge is -2.43. The van der Waals surface area contributed by atoms with E-state index < -0.39 is 8.07 Å². The van der Waals surface area contributed by atoms with Crippen molar-refractivity contribution in [3.05, 3.63) is 12.7 Å². The molecule has 0 heterocycles. The van der Waals surface area contributed by atoms with Crippen LogP contribution in [-0.2, 0) is 0 Å². The zero-order valence-electron chi connectivity index (χ0n) is 10.6. The van der Waals surface area contributed by atoms with Crippen molar-refractivity contribution in [1.29, 1.82) is 0 Å². The summed E-state index contributed by atoms with van der Waals surface area (Å²) in [6.07, 6.45) is 3.33. The van der Waals surface area contributed by atoms with E-state index >= 15 is 0 Å². The summed E-state index contributed by atoms with van der Waals surface area (Å²) < 4.78 is 1.11. The van der Waals surface area contributed by atoms with Crippen LogP contribution < -0.4 is 12.4 Å². The quantitative estimate of drug-likeness (QED) is 0.355. The van der Waals surface area contributed by atoms with Gasteiger partial charge in [-0.25, -0.2) is 0 Å². The molecule has 0 aromatic carbocycles. The zero-order valence-corrected chi connectivity index (χ0v) is 12.4. The van der Waals surface area contributed by atoms with Crippen LogP contribution in [0.5, 0.6) is 0 Å². The Morgan fingerprint density at radius 2 is 1.71 bits per heavy atom. The maximum atomic E-state index is 3.84. The molecule has 1 nitrogen and oxygen atoms in total. The van der Waals surface area contributed by atoms with Crippen molar-refractivity contribution in [3.8, 4) is 0 Å². The maximum absolute atomic E-state index is 3.84. The Labute approximate surface area is 97.2 Å². The van der Waals surface area contributed by atoms with Gasteiger partial charge in [-0.15, -0.1) is 0 Å². The average molecular weight is 236 g/mol. The summed E-state index contributed by atoms with van der Waals surface area (Å²) in [6, 6.07) is 0. The average Bonchev–Trinajstić information content (AvgIpc) is 1.83. The molecule has 3 heteroatoms. The van der Waals surface area contributed by atoms with Crippen molar-refractivity contribution in [2.75, 3.05) is 20.6 Å². The first kappa shape index (κ1) is 16.6. The predicted molar refractivity (Wildman–Crippen MR) is 64.6 cm³/mol. The van der Waals surface area contributed by atoms with E-state index in [9.17, 15) is 0 Å². The molecule has 14 heavy (non-hydrogen) atoms. The minimum atomic E-state index is -1.03. The van der Waals surface area contributed by atoms with Crippen molar-refractivity contribution in [3.63, 3.8) is 0 Å². The monoisotopic (exact) mass is 235 g/mol. The summed E-state index contributed by atoms with van der Waals surface area (Å²) in [5, 5.41) is 0.